The minimum atomic E-state index is -1.04. The molecule has 1 amide bonds. The number of amides is 1. The topological polar surface area (TPSA) is 105 Å². The number of carboxylic acids is 1. The summed E-state index contributed by atoms with van der Waals surface area (Å²) in [5.74, 6) is -0.626. The number of nitrogens with two attached hydrogens (primary N) is 1. The van der Waals surface area contributed by atoms with Crippen LogP contribution in [0.4, 0.5) is 4.79 Å². The van der Waals surface area contributed by atoms with Gasteiger partial charge in [0.05, 0.1) is 0 Å². The van der Waals surface area contributed by atoms with E-state index in [9.17, 15) is 9.59 Å². The van der Waals surface area contributed by atoms with Gasteiger partial charge in [0.15, 0.2) is 0 Å². The van der Waals surface area contributed by atoms with E-state index >= 15 is 0 Å². The fourth-order valence-corrected chi connectivity index (χ4v) is 1.83. The summed E-state index contributed by atoms with van der Waals surface area (Å²) in [5, 5.41) is 11.7. The average molecular weight is 309 g/mol. The van der Waals surface area contributed by atoms with Crippen LogP contribution in [-0.4, -0.2) is 54.8 Å². The monoisotopic (exact) mass is 309 g/mol. The largest absolute Gasteiger partial charge is 0.480 e. The Bertz CT molecular complexity index is 490. The van der Waals surface area contributed by atoms with E-state index in [4.69, 9.17) is 15.6 Å². The number of carboxylic acid groups (broad SMARTS) is 1. The van der Waals surface area contributed by atoms with Gasteiger partial charge in [0, 0.05) is 19.6 Å². The lowest BCUT2D eigenvalue weighted by Crippen LogP contribution is -2.37. The van der Waals surface area contributed by atoms with Crippen LogP contribution in [-0.2, 0) is 11.2 Å². The van der Waals surface area contributed by atoms with Gasteiger partial charge in [-0.2, -0.15) is 0 Å². The minimum Gasteiger partial charge on any atom is -0.480 e. The van der Waals surface area contributed by atoms with E-state index in [1.807, 2.05) is 14.0 Å². The first-order valence-electron chi connectivity index (χ1n) is 7.16. The van der Waals surface area contributed by atoms with Crippen molar-refractivity contribution in [3.05, 3.63) is 29.8 Å². The van der Waals surface area contributed by atoms with Crippen molar-refractivity contribution in [2.24, 2.45) is 5.73 Å². The third-order valence-corrected chi connectivity index (χ3v) is 3.17. The molecule has 1 atom stereocenters. The number of benzene rings is 1. The highest BCUT2D eigenvalue weighted by atomic mass is 16.6. The van der Waals surface area contributed by atoms with Crippen LogP contribution < -0.4 is 15.8 Å². The highest BCUT2D eigenvalue weighted by molar-refractivity contribution is 5.73. The molecule has 0 bridgehead atoms. The van der Waals surface area contributed by atoms with E-state index in [1.54, 1.807) is 29.2 Å². The van der Waals surface area contributed by atoms with Crippen molar-refractivity contribution in [1.29, 1.82) is 0 Å². The SMILES string of the molecule is CCN(CCNC)C(=O)Oc1ccc(C[C@H](N)C(=O)O)cc1. The first kappa shape index (κ1) is 17.9. The lowest BCUT2D eigenvalue weighted by Gasteiger charge is -2.20. The second kappa shape index (κ2) is 9.01. The summed E-state index contributed by atoms with van der Waals surface area (Å²) in [6, 6.07) is 5.73. The van der Waals surface area contributed by atoms with E-state index in [-0.39, 0.29) is 6.42 Å². The van der Waals surface area contributed by atoms with Gasteiger partial charge in [-0.05, 0) is 38.1 Å². The molecule has 0 heterocycles. The van der Waals surface area contributed by atoms with Crippen LogP contribution in [0.25, 0.3) is 0 Å². The molecule has 0 aromatic heterocycles. The highest BCUT2D eigenvalue weighted by Gasteiger charge is 2.14. The molecule has 0 unspecified atom stereocenters. The van der Waals surface area contributed by atoms with E-state index in [1.165, 1.54) is 0 Å². The molecule has 1 aromatic rings. The number of hydrogen-bond donors (Lipinski definition) is 3. The zero-order chi connectivity index (χ0) is 16.5. The second-order valence-electron chi connectivity index (χ2n) is 4.84. The third kappa shape index (κ3) is 5.71. The van der Waals surface area contributed by atoms with Crippen molar-refractivity contribution in [2.75, 3.05) is 26.7 Å². The first-order chi connectivity index (χ1) is 10.5. The summed E-state index contributed by atoms with van der Waals surface area (Å²) in [6.45, 7) is 3.70. The van der Waals surface area contributed by atoms with Gasteiger partial charge >= 0.3 is 12.1 Å². The van der Waals surface area contributed by atoms with Crippen LogP contribution in [0.15, 0.2) is 24.3 Å². The van der Waals surface area contributed by atoms with Crippen molar-refractivity contribution >= 4 is 12.1 Å². The Labute approximate surface area is 130 Å². The second-order valence-corrected chi connectivity index (χ2v) is 4.84. The van der Waals surface area contributed by atoms with E-state index in [2.05, 4.69) is 5.32 Å². The number of likely N-dealkylation sites (N-methyl/N-ethyl adjacent to an activating group) is 2. The zero-order valence-corrected chi connectivity index (χ0v) is 12.9. The van der Waals surface area contributed by atoms with Gasteiger partial charge in [-0.1, -0.05) is 12.1 Å². The Kier molecular flexibility index (Phi) is 7.34. The van der Waals surface area contributed by atoms with Gasteiger partial charge < -0.3 is 25.8 Å². The predicted octanol–water partition coefficient (Wildman–Crippen LogP) is 0.681. The number of hydrogen-bond acceptors (Lipinski definition) is 5. The molecule has 0 fully saturated rings. The molecule has 0 saturated heterocycles. The highest BCUT2D eigenvalue weighted by Crippen LogP contribution is 2.14. The molecular weight excluding hydrogens is 286 g/mol. The average Bonchev–Trinajstić information content (AvgIpc) is 2.49. The molecule has 0 aliphatic heterocycles. The lowest BCUT2D eigenvalue weighted by atomic mass is 10.1. The van der Waals surface area contributed by atoms with Gasteiger partial charge in [-0.3, -0.25) is 4.79 Å². The van der Waals surface area contributed by atoms with Crippen molar-refractivity contribution in [3.8, 4) is 5.75 Å². The Balaban J connectivity index is 2.59. The number of nitrogens with one attached hydrogen (secondary N) is 1. The molecule has 0 aliphatic carbocycles. The van der Waals surface area contributed by atoms with Gasteiger partial charge in [-0.25, -0.2) is 4.79 Å². The third-order valence-electron chi connectivity index (χ3n) is 3.17. The normalized spacial score (nSPS) is 11.8. The summed E-state index contributed by atoms with van der Waals surface area (Å²) < 4.78 is 5.28. The van der Waals surface area contributed by atoms with Crippen LogP contribution in [0, 0.1) is 0 Å². The Morgan fingerprint density at radius 2 is 2.00 bits per heavy atom. The van der Waals surface area contributed by atoms with E-state index in [0.29, 0.717) is 25.4 Å². The molecule has 1 rings (SSSR count). The van der Waals surface area contributed by atoms with Gasteiger partial charge in [0.25, 0.3) is 0 Å². The summed E-state index contributed by atoms with van der Waals surface area (Å²) >= 11 is 0. The number of carbonyl (C=O) groups is 2. The Morgan fingerprint density at radius 1 is 1.36 bits per heavy atom. The number of aliphatic carboxylic acids is 1. The van der Waals surface area contributed by atoms with Gasteiger partial charge in [-0.15, -0.1) is 0 Å². The maximum absolute atomic E-state index is 12.0. The molecule has 4 N–H and O–H groups in total. The lowest BCUT2D eigenvalue weighted by molar-refractivity contribution is -0.138. The van der Waals surface area contributed by atoms with E-state index in [0.717, 1.165) is 5.56 Å². The van der Waals surface area contributed by atoms with E-state index < -0.39 is 18.1 Å². The van der Waals surface area contributed by atoms with Crippen LogP contribution in [0.3, 0.4) is 0 Å². The fourth-order valence-electron chi connectivity index (χ4n) is 1.83. The first-order valence-corrected chi connectivity index (χ1v) is 7.16. The van der Waals surface area contributed by atoms with Gasteiger partial charge in [0.1, 0.15) is 11.8 Å². The summed E-state index contributed by atoms with van der Waals surface area (Å²) in [5.41, 5.74) is 6.25. The maximum atomic E-state index is 12.0. The minimum absolute atomic E-state index is 0.229. The predicted molar refractivity (Wildman–Crippen MR) is 83.0 cm³/mol. The molecule has 0 radical (unpaired) electrons. The van der Waals surface area contributed by atoms with Crippen molar-refractivity contribution in [3.63, 3.8) is 0 Å². The van der Waals surface area contributed by atoms with Gasteiger partial charge in [0.2, 0.25) is 0 Å². The molecule has 0 saturated carbocycles. The van der Waals surface area contributed by atoms with Crippen molar-refractivity contribution in [1.82, 2.24) is 10.2 Å². The van der Waals surface area contributed by atoms with Crippen LogP contribution >= 0.6 is 0 Å². The standard InChI is InChI=1S/C15H23N3O4/c1-3-18(9-8-17-2)15(21)22-12-6-4-11(5-7-12)10-13(16)14(19)20/h4-7,13,17H,3,8-10,16H2,1-2H3,(H,19,20)/t13-/m0/s1. The summed E-state index contributed by atoms with van der Waals surface area (Å²) in [4.78, 5) is 24.3. The fraction of sp³-hybridized carbons (Fsp3) is 0.467. The Hall–Kier alpha value is -2.12. The molecular formula is C15H23N3O4. The molecule has 1 aromatic carbocycles. The van der Waals surface area contributed by atoms with Crippen molar-refractivity contribution < 1.29 is 19.4 Å². The number of nitrogens with zero attached hydrogens (tertiary/aromatic N) is 1. The zero-order valence-electron chi connectivity index (χ0n) is 12.9. The smallest absolute Gasteiger partial charge is 0.415 e. The van der Waals surface area contributed by atoms with Crippen LogP contribution in [0.5, 0.6) is 5.75 Å². The number of carbonyl (C=O) groups excluding carboxylic acids is 1. The van der Waals surface area contributed by atoms with Crippen LogP contribution in [0.1, 0.15) is 12.5 Å². The summed E-state index contributed by atoms with van der Waals surface area (Å²) in [6.07, 6.45) is -0.181. The van der Waals surface area contributed by atoms with Crippen molar-refractivity contribution in [2.45, 2.75) is 19.4 Å². The number of rotatable bonds is 8. The number of ether oxygens (including phenoxy) is 1. The quantitative estimate of drug-likeness (QED) is 0.652. The summed E-state index contributed by atoms with van der Waals surface area (Å²) in [7, 11) is 1.82. The molecule has 122 valence electrons. The van der Waals surface area contributed by atoms with Crippen LogP contribution in [0.2, 0.25) is 0 Å². The molecule has 0 aliphatic rings. The molecule has 0 spiro atoms. The molecule has 22 heavy (non-hydrogen) atoms. The molecule has 7 heteroatoms. The Morgan fingerprint density at radius 3 is 2.50 bits per heavy atom. The maximum Gasteiger partial charge on any atom is 0.415 e. The molecule has 7 nitrogen and oxygen atoms in total.